The summed E-state index contributed by atoms with van der Waals surface area (Å²) in [7, 11) is 2.01. The summed E-state index contributed by atoms with van der Waals surface area (Å²) in [5.74, 6) is 1.70. The van der Waals surface area contributed by atoms with E-state index in [2.05, 4.69) is 43.5 Å². The van der Waals surface area contributed by atoms with Crippen molar-refractivity contribution in [2.45, 2.75) is 67.5 Å². The van der Waals surface area contributed by atoms with E-state index in [0.717, 1.165) is 31.0 Å². The minimum absolute atomic E-state index is 0.302. The van der Waals surface area contributed by atoms with Crippen molar-refractivity contribution in [1.29, 1.82) is 0 Å². The maximum atomic E-state index is 5.40. The fourth-order valence-electron chi connectivity index (χ4n) is 2.79. The van der Waals surface area contributed by atoms with Crippen LogP contribution in [0, 0.1) is 5.41 Å². The number of rotatable bonds is 7. The van der Waals surface area contributed by atoms with Crippen LogP contribution in [0.1, 0.15) is 60.5 Å². The quantitative estimate of drug-likeness (QED) is 0.763. The van der Waals surface area contributed by atoms with Gasteiger partial charge in [0.05, 0.1) is 0 Å². The standard InChI is InChI=1S/C16H26N2O2.2C2H6/c1-12(8-16(2,3)10-17-4)18-9-13-5-6-14-15(7-13)20-11-19-14;2*1-2/h5-7,12,17-18H,8-11H2,1-4H3;2*1-2H3. The highest BCUT2D eigenvalue weighted by molar-refractivity contribution is 5.44. The minimum atomic E-state index is 0.302. The van der Waals surface area contributed by atoms with Crippen LogP contribution in [0.5, 0.6) is 11.5 Å². The third kappa shape index (κ3) is 8.02. The molecule has 0 saturated heterocycles. The molecule has 0 fully saturated rings. The Kier molecular flexibility index (Phi) is 11.5. The lowest BCUT2D eigenvalue weighted by Gasteiger charge is -2.28. The Hall–Kier alpha value is -1.26. The molecule has 1 aliphatic rings. The first-order valence-electron chi connectivity index (χ1n) is 9.27. The van der Waals surface area contributed by atoms with Gasteiger partial charge < -0.3 is 20.1 Å². The summed E-state index contributed by atoms with van der Waals surface area (Å²) in [6.07, 6.45) is 1.14. The fourth-order valence-corrected chi connectivity index (χ4v) is 2.79. The van der Waals surface area contributed by atoms with Crippen LogP contribution < -0.4 is 20.1 Å². The van der Waals surface area contributed by atoms with Crippen molar-refractivity contribution in [3.05, 3.63) is 23.8 Å². The molecule has 1 atom stereocenters. The third-order valence-corrected chi connectivity index (χ3v) is 3.61. The van der Waals surface area contributed by atoms with E-state index in [1.807, 2.05) is 40.8 Å². The number of nitrogens with one attached hydrogen (secondary N) is 2. The molecule has 1 aromatic rings. The molecule has 4 nitrogen and oxygen atoms in total. The van der Waals surface area contributed by atoms with E-state index < -0.39 is 0 Å². The van der Waals surface area contributed by atoms with E-state index >= 15 is 0 Å². The second kappa shape index (κ2) is 12.2. The summed E-state index contributed by atoms with van der Waals surface area (Å²) in [5.41, 5.74) is 1.53. The topological polar surface area (TPSA) is 42.5 Å². The Labute approximate surface area is 149 Å². The summed E-state index contributed by atoms with van der Waals surface area (Å²) in [5, 5.41) is 6.84. The van der Waals surface area contributed by atoms with Crippen LogP contribution in [0.3, 0.4) is 0 Å². The zero-order chi connectivity index (χ0) is 18.6. The molecule has 4 heteroatoms. The van der Waals surface area contributed by atoms with Gasteiger partial charge in [0.2, 0.25) is 6.79 Å². The summed E-state index contributed by atoms with van der Waals surface area (Å²) in [6.45, 7) is 17.0. The fraction of sp³-hybridized carbons (Fsp3) is 0.700. The normalized spacial score (nSPS) is 13.3. The van der Waals surface area contributed by atoms with Crippen molar-refractivity contribution >= 4 is 0 Å². The molecule has 1 heterocycles. The number of hydrogen-bond acceptors (Lipinski definition) is 4. The van der Waals surface area contributed by atoms with Gasteiger partial charge in [-0.2, -0.15) is 0 Å². The zero-order valence-corrected chi connectivity index (χ0v) is 17.0. The third-order valence-electron chi connectivity index (χ3n) is 3.61. The average Bonchev–Trinajstić information content (AvgIpc) is 3.04. The van der Waals surface area contributed by atoms with Gasteiger partial charge in [-0.15, -0.1) is 0 Å². The molecule has 1 aromatic carbocycles. The Morgan fingerprint density at radius 3 is 2.33 bits per heavy atom. The molecule has 2 N–H and O–H groups in total. The molecule has 2 rings (SSSR count). The van der Waals surface area contributed by atoms with Gasteiger partial charge in [0.15, 0.2) is 11.5 Å². The first-order valence-corrected chi connectivity index (χ1v) is 9.27. The molecule has 0 radical (unpaired) electrons. The first-order chi connectivity index (χ1) is 11.5. The smallest absolute Gasteiger partial charge is 0.231 e. The van der Waals surface area contributed by atoms with Crippen LogP contribution in [0.2, 0.25) is 0 Å². The van der Waals surface area contributed by atoms with Crippen molar-refractivity contribution in [1.82, 2.24) is 10.6 Å². The van der Waals surface area contributed by atoms with Crippen LogP contribution in [-0.4, -0.2) is 26.4 Å². The lowest BCUT2D eigenvalue weighted by molar-refractivity contribution is 0.174. The van der Waals surface area contributed by atoms with Crippen LogP contribution >= 0.6 is 0 Å². The van der Waals surface area contributed by atoms with Crippen LogP contribution in [-0.2, 0) is 6.54 Å². The molecule has 1 aliphatic heterocycles. The van der Waals surface area contributed by atoms with Gasteiger partial charge in [0, 0.05) is 19.1 Å². The highest BCUT2D eigenvalue weighted by atomic mass is 16.7. The zero-order valence-electron chi connectivity index (χ0n) is 17.0. The monoisotopic (exact) mass is 338 g/mol. The van der Waals surface area contributed by atoms with Crippen molar-refractivity contribution < 1.29 is 9.47 Å². The molecule has 0 amide bonds. The molecule has 1 unspecified atom stereocenters. The van der Waals surface area contributed by atoms with Crippen molar-refractivity contribution in [2.75, 3.05) is 20.4 Å². The molecule has 24 heavy (non-hydrogen) atoms. The van der Waals surface area contributed by atoms with Gasteiger partial charge in [-0.1, -0.05) is 47.6 Å². The van der Waals surface area contributed by atoms with Gasteiger partial charge in [-0.3, -0.25) is 0 Å². The van der Waals surface area contributed by atoms with E-state index in [1.165, 1.54) is 5.56 Å². The summed E-state index contributed by atoms with van der Waals surface area (Å²) in [4.78, 5) is 0. The molecule has 0 saturated carbocycles. The number of hydrogen-bond donors (Lipinski definition) is 2. The first kappa shape index (κ1) is 22.7. The second-order valence-electron chi connectivity index (χ2n) is 6.37. The lowest BCUT2D eigenvalue weighted by Crippen LogP contribution is -2.35. The average molecular weight is 339 g/mol. The van der Waals surface area contributed by atoms with E-state index in [9.17, 15) is 0 Å². The van der Waals surface area contributed by atoms with E-state index in [4.69, 9.17) is 9.47 Å². The van der Waals surface area contributed by atoms with E-state index in [1.54, 1.807) is 0 Å². The Morgan fingerprint density at radius 1 is 1.08 bits per heavy atom. The molecule has 0 spiro atoms. The van der Waals surface area contributed by atoms with Crippen LogP contribution in [0.4, 0.5) is 0 Å². The van der Waals surface area contributed by atoms with Crippen molar-refractivity contribution in [3.63, 3.8) is 0 Å². The molecule has 140 valence electrons. The molecular formula is C20H38N2O2. The second-order valence-corrected chi connectivity index (χ2v) is 6.37. The van der Waals surface area contributed by atoms with Crippen LogP contribution in [0.25, 0.3) is 0 Å². The Balaban J connectivity index is 0.00000123. The Morgan fingerprint density at radius 2 is 1.71 bits per heavy atom. The summed E-state index contributed by atoms with van der Waals surface area (Å²) >= 11 is 0. The number of benzene rings is 1. The van der Waals surface area contributed by atoms with Crippen LogP contribution in [0.15, 0.2) is 18.2 Å². The number of fused-ring (bicyclic) bond motifs is 1. The maximum Gasteiger partial charge on any atom is 0.231 e. The highest BCUT2D eigenvalue weighted by Crippen LogP contribution is 2.32. The van der Waals surface area contributed by atoms with Gasteiger partial charge in [0.25, 0.3) is 0 Å². The van der Waals surface area contributed by atoms with Gasteiger partial charge >= 0.3 is 0 Å². The lowest BCUT2D eigenvalue weighted by atomic mass is 9.86. The number of ether oxygens (including phenoxy) is 2. The largest absolute Gasteiger partial charge is 0.454 e. The molecule has 0 bridgehead atoms. The SMILES string of the molecule is CC.CC.CNCC(C)(C)CC(C)NCc1ccc2c(c1)OCO2. The van der Waals surface area contributed by atoms with Gasteiger partial charge in [-0.25, -0.2) is 0 Å². The summed E-state index contributed by atoms with van der Waals surface area (Å²) < 4.78 is 10.7. The van der Waals surface area contributed by atoms with Gasteiger partial charge in [-0.05, 0) is 43.5 Å². The molecule has 0 aromatic heterocycles. The highest BCUT2D eigenvalue weighted by Gasteiger charge is 2.20. The predicted molar refractivity (Wildman–Crippen MR) is 104 cm³/mol. The van der Waals surface area contributed by atoms with Gasteiger partial charge in [0.1, 0.15) is 0 Å². The molecule has 0 aliphatic carbocycles. The maximum absolute atomic E-state index is 5.40. The van der Waals surface area contributed by atoms with Crippen molar-refractivity contribution in [3.8, 4) is 11.5 Å². The van der Waals surface area contributed by atoms with E-state index in [0.29, 0.717) is 18.2 Å². The minimum Gasteiger partial charge on any atom is -0.454 e. The predicted octanol–water partition coefficient (Wildman–Crippen LogP) is 4.58. The Bertz CT molecular complexity index is 447. The van der Waals surface area contributed by atoms with Crippen molar-refractivity contribution in [2.24, 2.45) is 5.41 Å². The summed E-state index contributed by atoms with van der Waals surface area (Å²) in [6, 6.07) is 6.60. The molecular weight excluding hydrogens is 300 g/mol. The van der Waals surface area contributed by atoms with E-state index in [-0.39, 0.29) is 0 Å².